The third kappa shape index (κ3) is 4.47. The number of thioether (sulfide) groups is 1. The van der Waals surface area contributed by atoms with Gasteiger partial charge in [-0.2, -0.15) is 5.01 Å². The fraction of sp³-hybridized carbons (Fsp3) is 0.577. The number of rotatable bonds is 8. The molecule has 1 aromatic carbocycles. The lowest BCUT2D eigenvalue weighted by atomic mass is 9.49. The first-order valence-corrected chi connectivity index (χ1v) is 13.6. The second-order valence-electron chi connectivity index (χ2n) is 10.1. The molecule has 4 aliphatic carbocycles. The minimum absolute atomic E-state index is 0.0276. The van der Waals surface area contributed by atoms with E-state index in [0.717, 1.165) is 31.2 Å². The van der Waals surface area contributed by atoms with Gasteiger partial charge in [-0.05, 0) is 106 Å². The highest BCUT2D eigenvalue weighted by atomic mass is 32.2. The van der Waals surface area contributed by atoms with E-state index in [0.29, 0.717) is 51.7 Å². The summed E-state index contributed by atoms with van der Waals surface area (Å²) >= 11 is 6.69. The zero-order valence-corrected chi connectivity index (χ0v) is 21.4. The van der Waals surface area contributed by atoms with Crippen LogP contribution in [0.1, 0.15) is 64.4 Å². The van der Waals surface area contributed by atoms with Gasteiger partial charge in [0.15, 0.2) is 15.8 Å². The standard InChI is InChI=1S/C26H32N2O4S2/c1-3-7-32-20-6-5-16(11-21(20)31-4-2)12-22-23(29)28(25(33)34-22)27-24(30)26-13-17-8-18(14-26)10-19(9-17)15-26/h5-6,11-12,17-19H,3-4,7-10,13-15H2,1-2H3,(H,27,30)/b22-12-. The molecule has 5 aliphatic rings. The van der Waals surface area contributed by atoms with Crippen LogP contribution in [0.5, 0.6) is 11.5 Å². The van der Waals surface area contributed by atoms with Crippen LogP contribution in [-0.2, 0) is 9.59 Å². The van der Waals surface area contributed by atoms with Gasteiger partial charge in [-0.3, -0.25) is 15.0 Å². The maximum Gasteiger partial charge on any atom is 0.285 e. The second-order valence-corrected chi connectivity index (χ2v) is 11.8. The molecular weight excluding hydrogens is 468 g/mol. The molecule has 1 aliphatic heterocycles. The zero-order valence-electron chi connectivity index (χ0n) is 19.8. The van der Waals surface area contributed by atoms with Crippen LogP contribution in [0.2, 0.25) is 0 Å². The van der Waals surface area contributed by atoms with E-state index in [9.17, 15) is 9.59 Å². The summed E-state index contributed by atoms with van der Waals surface area (Å²) in [6.07, 6.45) is 9.34. The Morgan fingerprint density at radius 2 is 1.82 bits per heavy atom. The number of hydrazine groups is 1. The van der Waals surface area contributed by atoms with Crippen molar-refractivity contribution in [2.24, 2.45) is 23.2 Å². The van der Waals surface area contributed by atoms with Crippen molar-refractivity contribution < 1.29 is 19.1 Å². The van der Waals surface area contributed by atoms with Crippen molar-refractivity contribution in [2.75, 3.05) is 13.2 Å². The van der Waals surface area contributed by atoms with Crippen molar-refractivity contribution in [3.8, 4) is 11.5 Å². The predicted octanol–water partition coefficient (Wildman–Crippen LogP) is 5.32. The average molecular weight is 501 g/mol. The van der Waals surface area contributed by atoms with Crippen LogP contribution in [-0.4, -0.2) is 34.4 Å². The molecule has 1 heterocycles. The highest BCUT2D eigenvalue weighted by Gasteiger charge is 2.55. The Morgan fingerprint density at radius 1 is 1.15 bits per heavy atom. The van der Waals surface area contributed by atoms with E-state index in [1.165, 1.54) is 36.0 Å². The van der Waals surface area contributed by atoms with Crippen LogP contribution < -0.4 is 14.9 Å². The summed E-state index contributed by atoms with van der Waals surface area (Å²) < 4.78 is 11.9. The lowest BCUT2D eigenvalue weighted by molar-refractivity contribution is -0.152. The van der Waals surface area contributed by atoms with Gasteiger partial charge in [-0.1, -0.05) is 24.8 Å². The number of hydrogen-bond donors (Lipinski definition) is 1. The van der Waals surface area contributed by atoms with E-state index in [2.05, 4.69) is 12.3 Å². The van der Waals surface area contributed by atoms with Crippen molar-refractivity contribution in [3.63, 3.8) is 0 Å². The van der Waals surface area contributed by atoms with Crippen LogP contribution in [0.4, 0.5) is 0 Å². The number of nitrogens with one attached hydrogen (secondary N) is 1. The molecule has 1 aromatic rings. The van der Waals surface area contributed by atoms with Crippen LogP contribution in [0.3, 0.4) is 0 Å². The fourth-order valence-corrected chi connectivity index (χ4v) is 7.72. The average Bonchev–Trinajstić information content (AvgIpc) is 3.05. The molecule has 1 N–H and O–H groups in total. The molecule has 34 heavy (non-hydrogen) atoms. The van der Waals surface area contributed by atoms with Gasteiger partial charge in [0.25, 0.3) is 5.91 Å². The third-order valence-corrected chi connectivity index (χ3v) is 8.86. The summed E-state index contributed by atoms with van der Waals surface area (Å²) in [5, 5.41) is 1.27. The molecule has 182 valence electrons. The first-order valence-electron chi connectivity index (χ1n) is 12.4. The summed E-state index contributed by atoms with van der Waals surface area (Å²) in [6.45, 7) is 5.11. The molecule has 0 atom stereocenters. The summed E-state index contributed by atoms with van der Waals surface area (Å²) in [6, 6.07) is 5.63. The topological polar surface area (TPSA) is 67.9 Å². The molecule has 6 rings (SSSR count). The number of amides is 2. The van der Waals surface area contributed by atoms with Crippen molar-refractivity contribution >= 4 is 46.2 Å². The number of carbonyl (C=O) groups excluding carboxylic acids is 2. The van der Waals surface area contributed by atoms with Crippen molar-refractivity contribution in [3.05, 3.63) is 28.7 Å². The summed E-state index contributed by atoms with van der Waals surface area (Å²) in [4.78, 5) is 27.1. The van der Waals surface area contributed by atoms with E-state index in [1.807, 2.05) is 25.1 Å². The SMILES string of the molecule is CCCOc1ccc(/C=C2\SC(=S)N(NC(=O)C34CC5CC(CC(C5)C3)C4)C2=O)cc1OCC. The van der Waals surface area contributed by atoms with Crippen LogP contribution >= 0.6 is 24.0 Å². The van der Waals surface area contributed by atoms with E-state index >= 15 is 0 Å². The molecule has 1 saturated heterocycles. The minimum Gasteiger partial charge on any atom is -0.490 e. The molecule has 8 heteroatoms. The minimum atomic E-state index is -0.331. The van der Waals surface area contributed by atoms with Crippen LogP contribution in [0.25, 0.3) is 6.08 Å². The van der Waals surface area contributed by atoms with E-state index in [4.69, 9.17) is 21.7 Å². The quantitative estimate of drug-likeness (QED) is 0.385. The van der Waals surface area contributed by atoms with Crippen molar-refractivity contribution in [1.29, 1.82) is 0 Å². The van der Waals surface area contributed by atoms with Gasteiger partial charge in [0, 0.05) is 0 Å². The van der Waals surface area contributed by atoms with Crippen LogP contribution in [0.15, 0.2) is 23.1 Å². The van der Waals surface area contributed by atoms with Crippen molar-refractivity contribution in [2.45, 2.75) is 58.8 Å². The Bertz CT molecular complexity index is 1000. The lowest BCUT2D eigenvalue weighted by Crippen LogP contribution is -2.57. The van der Waals surface area contributed by atoms with Crippen LogP contribution in [0, 0.1) is 23.2 Å². The second kappa shape index (κ2) is 9.53. The molecule has 5 fully saturated rings. The van der Waals surface area contributed by atoms with E-state index in [1.54, 1.807) is 6.08 Å². The van der Waals surface area contributed by atoms with Gasteiger partial charge < -0.3 is 9.47 Å². The molecule has 0 radical (unpaired) electrons. The van der Waals surface area contributed by atoms with Gasteiger partial charge >= 0.3 is 0 Å². The zero-order chi connectivity index (χ0) is 23.9. The molecule has 4 bridgehead atoms. The summed E-state index contributed by atoms with van der Waals surface area (Å²) in [5.41, 5.74) is 3.40. The fourth-order valence-electron chi connectivity index (χ4n) is 6.54. The molecule has 0 unspecified atom stereocenters. The normalized spacial score (nSPS) is 30.8. The Morgan fingerprint density at radius 3 is 2.44 bits per heavy atom. The Hall–Kier alpha value is -2.06. The van der Waals surface area contributed by atoms with Gasteiger partial charge in [0.1, 0.15) is 0 Å². The van der Waals surface area contributed by atoms with Gasteiger partial charge in [-0.15, -0.1) is 0 Å². The maximum atomic E-state index is 13.4. The largest absolute Gasteiger partial charge is 0.490 e. The van der Waals surface area contributed by atoms with Crippen molar-refractivity contribution in [1.82, 2.24) is 10.4 Å². The molecule has 4 saturated carbocycles. The van der Waals surface area contributed by atoms with Gasteiger partial charge in [-0.25, -0.2) is 0 Å². The summed E-state index contributed by atoms with van der Waals surface area (Å²) in [7, 11) is 0. The molecule has 2 amide bonds. The Balaban J connectivity index is 1.31. The smallest absolute Gasteiger partial charge is 0.285 e. The van der Waals surface area contributed by atoms with E-state index in [-0.39, 0.29) is 17.2 Å². The molecule has 6 nitrogen and oxygen atoms in total. The number of carbonyl (C=O) groups is 2. The molecule has 0 aromatic heterocycles. The van der Waals surface area contributed by atoms with Gasteiger partial charge in [0.2, 0.25) is 5.91 Å². The monoisotopic (exact) mass is 500 g/mol. The van der Waals surface area contributed by atoms with E-state index < -0.39 is 0 Å². The number of thiocarbonyl (C=S) groups is 1. The Labute approximate surface area is 210 Å². The highest BCUT2D eigenvalue weighted by Crippen LogP contribution is 2.60. The number of benzene rings is 1. The maximum absolute atomic E-state index is 13.4. The number of hydrogen-bond acceptors (Lipinski definition) is 6. The predicted molar refractivity (Wildman–Crippen MR) is 137 cm³/mol. The van der Waals surface area contributed by atoms with Gasteiger partial charge in [0.05, 0.1) is 23.5 Å². The lowest BCUT2D eigenvalue weighted by Gasteiger charge is -2.55. The first-order chi connectivity index (χ1) is 16.4. The Kier molecular flexibility index (Phi) is 6.64. The number of ether oxygens (including phenoxy) is 2. The first kappa shape index (κ1) is 23.7. The third-order valence-electron chi connectivity index (χ3n) is 7.55. The molecular formula is C26H32N2O4S2. The number of nitrogens with zero attached hydrogens (tertiary/aromatic N) is 1. The molecule has 0 spiro atoms. The highest BCUT2D eigenvalue weighted by molar-refractivity contribution is 8.26. The summed E-state index contributed by atoms with van der Waals surface area (Å²) in [5.74, 6) is 3.01.